The zero-order valence-electron chi connectivity index (χ0n) is 12.8. The van der Waals surface area contributed by atoms with Crippen LogP contribution in [0.25, 0.3) is 0 Å². The lowest BCUT2D eigenvalue weighted by atomic mass is 10.2. The average Bonchev–Trinajstić information content (AvgIpc) is 2.93. The molecule has 0 radical (unpaired) electrons. The van der Waals surface area contributed by atoms with Crippen LogP contribution in [-0.2, 0) is 23.0 Å². The number of rotatable bonds is 7. The van der Waals surface area contributed by atoms with Crippen LogP contribution in [0.2, 0.25) is 10.0 Å². The Labute approximate surface area is 155 Å². The van der Waals surface area contributed by atoms with E-state index in [1.807, 2.05) is 6.07 Å². The van der Waals surface area contributed by atoms with Crippen LogP contribution in [0, 0.1) is 0 Å². The van der Waals surface area contributed by atoms with Crippen molar-refractivity contribution in [2.75, 3.05) is 12.8 Å². The van der Waals surface area contributed by atoms with E-state index in [2.05, 4.69) is 10.0 Å². The molecule has 0 unspecified atom stereocenters. The quantitative estimate of drug-likeness (QED) is 0.741. The van der Waals surface area contributed by atoms with E-state index in [0.717, 1.165) is 16.7 Å². The normalized spacial score (nSPS) is 11.5. The number of amides is 1. The Bertz CT molecular complexity index is 835. The summed E-state index contributed by atoms with van der Waals surface area (Å²) in [6.07, 6.45) is 1.65. The van der Waals surface area contributed by atoms with E-state index in [4.69, 9.17) is 23.2 Å². The molecular weight excluding hydrogens is 391 g/mol. The molecule has 1 amide bonds. The first kappa shape index (κ1) is 19.2. The predicted molar refractivity (Wildman–Crippen MR) is 98.5 cm³/mol. The molecule has 0 atom stereocenters. The Morgan fingerprint density at radius 1 is 1.21 bits per heavy atom. The van der Waals surface area contributed by atoms with Gasteiger partial charge in [0.1, 0.15) is 0 Å². The molecule has 0 fully saturated rings. The molecule has 5 nitrogen and oxygen atoms in total. The van der Waals surface area contributed by atoms with Crippen LogP contribution in [0.15, 0.2) is 30.3 Å². The van der Waals surface area contributed by atoms with Crippen LogP contribution < -0.4 is 10.0 Å². The fourth-order valence-corrected chi connectivity index (χ4v) is 3.79. The third-order valence-electron chi connectivity index (χ3n) is 3.08. The SMILES string of the molecule is CS(=O)(=O)NCCc1ccc(C(=O)NCc2ccc(Cl)cc2Cl)s1. The molecule has 2 N–H and O–H groups in total. The van der Waals surface area contributed by atoms with Gasteiger partial charge < -0.3 is 5.32 Å². The summed E-state index contributed by atoms with van der Waals surface area (Å²) in [5.74, 6) is -0.201. The van der Waals surface area contributed by atoms with Crippen LogP contribution in [0.5, 0.6) is 0 Å². The second kappa shape index (κ2) is 8.31. The van der Waals surface area contributed by atoms with E-state index in [1.165, 1.54) is 11.3 Å². The second-order valence-corrected chi connectivity index (χ2v) is 8.95. The topological polar surface area (TPSA) is 75.3 Å². The number of hydrogen-bond acceptors (Lipinski definition) is 4. The van der Waals surface area contributed by atoms with Gasteiger partial charge >= 0.3 is 0 Å². The highest BCUT2D eigenvalue weighted by atomic mass is 35.5. The lowest BCUT2D eigenvalue weighted by Crippen LogP contribution is -2.24. The maximum Gasteiger partial charge on any atom is 0.261 e. The zero-order valence-corrected chi connectivity index (χ0v) is 16.0. The van der Waals surface area contributed by atoms with Gasteiger partial charge in [-0.15, -0.1) is 11.3 Å². The average molecular weight is 407 g/mol. The number of carbonyl (C=O) groups is 1. The number of halogens is 2. The van der Waals surface area contributed by atoms with Crippen LogP contribution in [0.4, 0.5) is 0 Å². The highest BCUT2D eigenvalue weighted by molar-refractivity contribution is 7.88. The smallest absolute Gasteiger partial charge is 0.261 e. The molecule has 0 aliphatic rings. The van der Waals surface area contributed by atoms with Gasteiger partial charge in [0.15, 0.2) is 0 Å². The van der Waals surface area contributed by atoms with Gasteiger partial charge in [-0.2, -0.15) is 0 Å². The Kier molecular flexibility index (Phi) is 6.65. The van der Waals surface area contributed by atoms with E-state index >= 15 is 0 Å². The van der Waals surface area contributed by atoms with Crippen LogP contribution in [0.3, 0.4) is 0 Å². The maximum absolute atomic E-state index is 12.2. The van der Waals surface area contributed by atoms with Gasteiger partial charge in [-0.05, 0) is 36.2 Å². The van der Waals surface area contributed by atoms with Gasteiger partial charge in [0.2, 0.25) is 10.0 Å². The van der Waals surface area contributed by atoms with Crippen molar-refractivity contribution in [3.8, 4) is 0 Å². The number of benzene rings is 1. The highest BCUT2D eigenvalue weighted by Gasteiger charge is 2.10. The summed E-state index contributed by atoms with van der Waals surface area (Å²) in [4.78, 5) is 13.7. The summed E-state index contributed by atoms with van der Waals surface area (Å²) < 4.78 is 24.4. The molecule has 1 aromatic heterocycles. The number of hydrogen-bond donors (Lipinski definition) is 2. The molecule has 0 spiro atoms. The maximum atomic E-state index is 12.2. The minimum atomic E-state index is -3.20. The largest absolute Gasteiger partial charge is 0.347 e. The molecule has 130 valence electrons. The summed E-state index contributed by atoms with van der Waals surface area (Å²) in [5, 5.41) is 3.85. The fourth-order valence-electron chi connectivity index (χ4n) is 1.92. The molecule has 2 rings (SSSR count). The lowest BCUT2D eigenvalue weighted by Gasteiger charge is -2.06. The second-order valence-electron chi connectivity index (χ2n) is 5.10. The molecule has 0 aliphatic carbocycles. The van der Waals surface area contributed by atoms with Crippen molar-refractivity contribution < 1.29 is 13.2 Å². The molecule has 9 heteroatoms. The Hall–Kier alpha value is -1.12. The van der Waals surface area contributed by atoms with Crippen molar-refractivity contribution in [1.82, 2.24) is 10.0 Å². The Morgan fingerprint density at radius 3 is 2.62 bits per heavy atom. The van der Waals surface area contributed by atoms with E-state index in [9.17, 15) is 13.2 Å². The first-order chi connectivity index (χ1) is 11.2. The lowest BCUT2D eigenvalue weighted by molar-refractivity contribution is 0.0955. The van der Waals surface area contributed by atoms with Gasteiger partial charge in [0.05, 0.1) is 11.1 Å². The molecular formula is C15H16Cl2N2O3S2. The van der Waals surface area contributed by atoms with E-state index in [1.54, 1.807) is 24.3 Å². The molecule has 24 heavy (non-hydrogen) atoms. The summed E-state index contributed by atoms with van der Waals surface area (Å²) >= 11 is 13.2. The van der Waals surface area contributed by atoms with Crippen molar-refractivity contribution in [1.29, 1.82) is 0 Å². The molecule has 1 heterocycles. The number of nitrogens with one attached hydrogen (secondary N) is 2. The molecule has 1 aromatic carbocycles. The van der Waals surface area contributed by atoms with Gasteiger partial charge in [0, 0.05) is 28.0 Å². The van der Waals surface area contributed by atoms with E-state index in [-0.39, 0.29) is 5.91 Å². The molecule has 2 aromatic rings. The van der Waals surface area contributed by atoms with Crippen LogP contribution in [-0.4, -0.2) is 27.1 Å². The highest BCUT2D eigenvalue weighted by Crippen LogP contribution is 2.21. The van der Waals surface area contributed by atoms with Crippen molar-refractivity contribution in [2.45, 2.75) is 13.0 Å². The summed E-state index contributed by atoms with van der Waals surface area (Å²) in [6.45, 7) is 0.610. The monoisotopic (exact) mass is 406 g/mol. The zero-order chi connectivity index (χ0) is 17.7. The molecule has 0 aliphatic heterocycles. The minimum Gasteiger partial charge on any atom is -0.347 e. The van der Waals surface area contributed by atoms with Gasteiger partial charge in [0.25, 0.3) is 5.91 Å². The third kappa shape index (κ3) is 6.07. The van der Waals surface area contributed by atoms with Crippen molar-refractivity contribution in [2.24, 2.45) is 0 Å². The summed E-state index contributed by atoms with van der Waals surface area (Å²) in [7, 11) is -3.20. The Balaban J connectivity index is 1.89. The fraction of sp³-hybridized carbons (Fsp3) is 0.267. The summed E-state index contributed by atoms with van der Waals surface area (Å²) in [5.41, 5.74) is 0.781. The van der Waals surface area contributed by atoms with E-state index in [0.29, 0.717) is 34.4 Å². The van der Waals surface area contributed by atoms with Gasteiger partial charge in [-0.3, -0.25) is 4.79 Å². The Morgan fingerprint density at radius 2 is 1.96 bits per heavy atom. The van der Waals surface area contributed by atoms with Crippen molar-refractivity contribution >= 4 is 50.5 Å². The molecule has 0 bridgehead atoms. The minimum absolute atomic E-state index is 0.201. The van der Waals surface area contributed by atoms with E-state index < -0.39 is 10.0 Å². The molecule has 0 saturated carbocycles. The number of thiophene rings is 1. The van der Waals surface area contributed by atoms with Crippen molar-refractivity contribution in [3.05, 3.63) is 55.7 Å². The predicted octanol–water partition coefficient (Wildman–Crippen LogP) is 3.08. The summed E-state index contributed by atoms with van der Waals surface area (Å²) in [6, 6.07) is 8.65. The van der Waals surface area contributed by atoms with Crippen LogP contribution in [0.1, 0.15) is 20.1 Å². The van der Waals surface area contributed by atoms with Crippen molar-refractivity contribution in [3.63, 3.8) is 0 Å². The molecule has 0 saturated heterocycles. The first-order valence-electron chi connectivity index (χ1n) is 7.00. The van der Waals surface area contributed by atoms with Crippen LogP contribution >= 0.6 is 34.5 Å². The number of carbonyl (C=O) groups excluding carboxylic acids is 1. The third-order valence-corrected chi connectivity index (χ3v) is 5.53. The number of sulfonamides is 1. The first-order valence-corrected chi connectivity index (χ1v) is 10.5. The van der Waals surface area contributed by atoms with Gasteiger partial charge in [-0.25, -0.2) is 13.1 Å². The van der Waals surface area contributed by atoms with Gasteiger partial charge in [-0.1, -0.05) is 29.3 Å². The standard InChI is InChI=1S/C15H16Cl2N2O3S2/c1-24(21,22)19-7-6-12-4-5-14(23-12)15(20)18-9-10-2-3-11(16)8-13(10)17/h2-5,8,19H,6-7,9H2,1H3,(H,18,20).